The fraction of sp³-hybridized carbons (Fsp3) is 0.579. The first-order valence-corrected chi connectivity index (χ1v) is 8.39. The lowest BCUT2D eigenvalue weighted by Gasteiger charge is -2.38. The highest BCUT2D eigenvalue weighted by atomic mass is 16.2. The molecule has 0 spiro atoms. The molecule has 2 saturated carbocycles. The number of carbonyl (C=O) groups excluding carboxylic acids is 2. The maximum Gasteiger partial charge on any atom is 0.225 e. The Hall–Kier alpha value is -1.64. The van der Waals surface area contributed by atoms with E-state index >= 15 is 0 Å². The molecular weight excluding hydrogens is 274 g/mol. The van der Waals surface area contributed by atoms with E-state index in [2.05, 4.69) is 31.2 Å². The fourth-order valence-electron chi connectivity index (χ4n) is 4.04. The third kappa shape index (κ3) is 3.08. The van der Waals surface area contributed by atoms with Crippen molar-refractivity contribution in [2.75, 3.05) is 7.05 Å². The van der Waals surface area contributed by atoms with Gasteiger partial charge in [0.05, 0.1) is 0 Å². The van der Waals surface area contributed by atoms with Crippen LogP contribution >= 0.6 is 0 Å². The van der Waals surface area contributed by atoms with E-state index in [0.717, 1.165) is 37.7 Å². The quantitative estimate of drug-likeness (QED) is 0.858. The molecule has 3 nitrogen and oxygen atoms in total. The Morgan fingerprint density at radius 1 is 1.14 bits per heavy atom. The van der Waals surface area contributed by atoms with Crippen LogP contribution in [0.5, 0.6) is 0 Å². The molecule has 0 N–H and O–H groups in total. The Balaban J connectivity index is 1.63. The second-order valence-electron chi connectivity index (χ2n) is 7.08. The first-order valence-electron chi connectivity index (χ1n) is 8.39. The smallest absolute Gasteiger partial charge is 0.225 e. The van der Waals surface area contributed by atoms with Crippen molar-refractivity contribution in [1.29, 1.82) is 0 Å². The number of hydrogen-bond acceptors (Lipinski definition) is 2. The van der Waals surface area contributed by atoms with Gasteiger partial charge in [0.15, 0.2) is 0 Å². The van der Waals surface area contributed by atoms with E-state index in [0.29, 0.717) is 12.3 Å². The third-order valence-electron chi connectivity index (χ3n) is 5.31. The zero-order valence-electron chi connectivity index (χ0n) is 13.5. The molecule has 3 rings (SSSR count). The van der Waals surface area contributed by atoms with Gasteiger partial charge in [0.2, 0.25) is 5.91 Å². The van der Waals surface area contributed by atoms with E-state index in [9.17, 15) is 9.59 Å². The summed E-state index contributed by atoms with van der Waals surface area (Å²) in [5, 5.41) is 0. The first kappa shape index (κ1) is 15.3. The molecule has 1 amide bonds. The number of aryl methyl sites for hydroxylation is 1. The number of fused-ring (bicyclic) bond motifs is 2. The van der Waals surface area contributed by atoms with E-state index in [1.54, 1.807) is 0 Å². The number of ketones is 1. The number of hydrogen-bond donors (Lipinski definition) is 0. The molecule has 0 heterocycles. The van der Waals surface area contributed by atoms with Crippen molar-refractivity contribution in [2.45, 2.75) is 45.6 Å². The van der Waals surface area contributed by atoms with Crippen molar-refractivity contribution in [3.8, 4) is 0 Å². The standard InChI is InChI=1S/C19H25NO2/c1-13-6-8-14(9-7-13)12-20(2)19(22)17-10-15-4-3-5-16(11-17)18(15)21/h6-9,15-17H,3-5,10-12H2,1-2H3/t15-,16+,17?. The van der Waals surface area contributed by atoms with E-state index < -0.39 is 0 Å². The lowest BCUT2D eigenvalue weighted by molar-refractivity contribution is -0.142. The van der Waals surface area contributed by atoms with Gasteiger partial charge in [-0.2, -0.15) is 0 Å². The lowest BCUT2D eigenvalue weighted by Crippen LogP contribution is -2.43. The van der Waals surface area contributed by atoms with Gasteiger partial charge in [-0.25, -0.2) is 0 Å². The van der Waals surface area contributed by atoms with Gasteiger partial charge in [0.1, 0.15) is 5.78 Å². The second-order valence-corrected chi connectivity index (χ2v) is 7.08. The predicted octanol–water partition coefficient (Wildman–Crippen LogP) is 3.35. The van der Waals surface area contributed by atoms with E-state index in [1.165, 1.54) is 5.56 Å². The molecule has 3 atom stereocenters. The minimum atomic E-state index is 0.0449. The van der Waals surface area contributed by atoms with Crippen molar-refractivity contribution in [3.05, 3.63) is 35.4 Å². The minimum Gasteiger partial charge on any atom is -0.341 e. The van der Waals surface area contributed by atoms with Crippen LogP contribution in [0.15, 0.2) is 24.3 Å². The summed E-state index contributed by atoms with van der Waals surface area (Å²) in [5.74, 6) is 0.980. The highest BCUT2D eigenvalue weighted by Crippen LogP contribution is 2.40. The molecule has 0 saturated heterocycles. The molecule has 0 aromatic heterocycles. The minimum absolute atomic E-state index is 0.0449. The maximum absolute atomic E-state index is 12.7. The summed E-state index contributed by atoms with van der Waals surface area (Å²) in [4.78, 5) is 26.7. The molecule has 2 aliphatic rings. The van der Waals surface area contributed by atoms with Crippen LogP contribution in [0.2, 0.25) is 0 Å². The number of nitrogens with zero attached hydrogens (tertiary/aromatic N) is 1. The van der Waals surface area contributed by atoms with Crippen LogP contribution in [-0.4, -0.2) is 23.6 Å². The van der Waals surface area contributed by atoms with Gasteiger partial charge in [-0.05, 0) is 38.2 Å². The second kappa shape index (κ2) is 6.23. The van der Waals surface area contributed by atoms with Crippen LogP contribution in [0, 0.1) is 24.7 Å². The van der Waals surface area contributed by atoms with Crippen molar-refractivity contribution in [3.63, 3.8) is 0 Å². The number of carbonyl (C=O) groups is 2. The van der Waals surface area contributed by atoms with Crippen LogP contribution in [0.3, 0.4) is 0 Å². The van der Waals surface area contributed by atoms with Gasteiger partial charge in [0, 0.05) is 31.3 Å². The monoisotopic (exact) mass is 299 g/mol. The van der Waals surface area contributed by atoms with Gasteiger partial charge in [-0.3, -0.25) is 9.59 Å². The molecular formula is C19H25NO2. The summed E-state index contributed by atoms with van der Waals surface area (Å²) in [6.07, 6.45) is 4.67. The molecule has 2 bridgehead atoms. The van der Waals surface area contributed by atoms with Crippen LogP contribution in [0.4, 0.5) is 0 Å². The molecule has 1 unspecified atom stereocenters. The Labute approximate surface area is 132 Å². The van der Waals surface area contributed by atoms with Crippen LogP contribution in [0.25, 0.3) is 0 Å². The molecule has 1 aromatic carbocycles. The highest BCUT2D eigenvalue weighted by molar-refractivity contribution is 5.88. The average molecular weight is 299 g/mol. The fourth-order valence-corrected chi connectivity index (χ4v) is 4.04. The number of benzene rings is 1. The van der Waals surface area contributed by atoms with Crippen molar-refractivity contribution >= 4 is 11.7 Å². The SMILES string of the molecule is Cc1ccc(CN(C)C(=O)C2C[C@H]3CCC[C@@H](C2)C3=O)cc1. The Bertz CT molecular complexity index is 547. The maximum atomic E-state index is 12.7. The summed E-state index contributed by atoms with van der Waals surface area (Å²) in [7, 11) is 1.88. The van der Waals surface area contributed by atoms with Gasteiger partial charge >= 0.3 is 0 Å². The summed E-state index contributed by atoms with van der Waals surface area (Å²) >= 11 is 0. The molecule has 3 heteroatoms. The highest BCUT2D eigenvalue weighted by Gasteiger charge is 2.41. The van der Waals surface area contributed by atoms with Gasteiger partial charge in [-0.15, -0.1) is 0 Å². The van der Waals surface area contributed by atoms with Gasteiger partial charge in [-0.1, -0.05) is 36.2 Å². The van der Waals surface area contributed by atoms with E-state index in [1.807, 2.05) is 11.9 Å². The summed E-state index contributed by atoms with van der Waals surface area (Å²) in [6, 6.07) is 8.32. The number of rotatable bonds is 3. The van der Waals surface area contributed by atoms with Crippen molar-refractivity contribution < 1.29 is 9.59 Å². The number of Topliss-reactive ketones (excluding diaryl/α,β-unsaturated/α-hetero) is 1. The Kier molecular flexibility index (Phi) is 4.32. The normalized spacial score (nSPS) is 27.5. The third-order valence-corrected chi connectivity index (χ3v) is 5.31. The van der Waals surface area contributed by atoms with Crippen LogP contribution < -0.4 is 0 Å². The largest absolute Gasteiger partial charge is 0.341 e. The predicted molar refractivity (Wildman–Crippen MR) is 86.2 cm³/mol. The van der Waals surface area contributed by atoms with Crippen molar-refractivity contribution in [1.82, 2.24) is 4.90 Å². The topological polar surface area (TPSA) is 37.4 Å². The average Bonchev–Trinajstić information content (AvgIpc) is 2.48. The zero-order valence-corrected chi connectivity index (χ0v) is 13.5. The van der Waals surface area contributed by atoms with E-state index in [-0.39, 0.29) is 23.7 Å². The van der Waals surface area contributed by atoms with Crippen LogP contribution in [0.1, 0.15) is 43.2 Å². The Morgan fingerprint density at radius 2 is 1.73 bits per heavy atom. The summed E-state index contributed by atoms with van der Waals surface area (Å²) < 4.78 is 0. The molecule has 2 aliphatic carbocycles. The Morgan fingerprint density at radius 3 is 2.32 bits per heavy atom. The van der Waals surface area contributed by atoms with Crippen LogP contribution in [-0.2, 0) is 16.1 Å². The summed E-state index contributed by atoms with van der Waals surface area (Å²) in [5.41, 5.74) is 2.39. The molecule has 0 aliphatic heterocycles. The molecule has 0 radical (unpaired) electrons. The van der Waals surface area contributed by atoms with Gasteiger partial charge < -0.3 is 4.90 Å². The first-order chi connectivity index (χ1) is 10.5. The molecule has 118 valence electrons. The molecule has 2 fully saturated rings. The summed E-state index contributed by atoms with van der Waals surface area (Å²) in [6.45, 7) is 2.72. The lowest BCUT2D eigenvalue weighted by atomic mass is 9.67. The van der Waals surface area contributed by atoms with Gasteiger partial charge in [0.25, 0.3) is 0 Å². The molecule has 1 aromatic rings. The van der Waals surface area contributed by atoms with E-state index in [4.69, 9.17) is 0 Å². The number of amides is 1. The molecule has 22 heavy (non-hydrogen) atoms. The zero-order chi connectivity index (χ0) is 15.7. The van der Waals surface area contributed by atoms with Crippen molar-refractivity contribution in [2.24, 2.45) is 17.8 Å².